The van der Waals surface area contributed by atoms with Crippen molar-refractivity contribution < 1.29 is 14.6 Å². The first-order valence-corrected chi connectivity index (χ1v) is 9.47. The smallest absolute Gasteiger partial charge is 0.132 e. The molecule has 3 heterocycles. The molecule has 24 heavy (non-hydrogen) atoms. The van der Waals surface area contributed by atoms with Gasteiger partial charge in [0.25, 0.3) is 0 Å². The van der Waals surface area contributed by atoms with Crippen LogP contribution in [0.2, 0.25) is 0 Å². The standard InChI is InChI=1S/C19H32N2O3/c1-15-6-9-20(10-7-15)13-17(22)14-21-8-2-4-16(21)12-18(23)19-5-3-11-24-19/h3,5,11,15-18,22-23H,2,4,6-10,12-14H2,1H3. The number of likely N-dealkylation sites (tertiary alicyclic amines) is 2. The molecule has 2 saturated heterocycles. The molecule has 0 aliphatic carbocycles. The summed E-state index contributed by atoms with van der Waals surface area (Å²) in [6.07, 6.45) is 6.15. The number of furan rings is 1. The first-order chi connectivity index (χ1) is 11.6. The number of hydrogen-bond donors (Lipinski definition) is 2. The quantitative estimate of drug-likeness (QED) is 0.800. The van der Waals surface area contributed by atoms with E-state index in [9.17, 15) is 10.2 Å². The molecule has 1 aromatic rings. The maximum absolute atomic E-state index is 10.5. The number of aliphatic hydroxyl groups excluding tert-OH is 2. The Morgan fingerprint density at radius 1 is 1.17 bits per heavy atom. The Bertz CT molecular complexity index is 471. The second kappa shape index (κ2) is 8.48. The van der Waals surface area contributed by atoms with Crippen molar-refractivity contribution in [2.24, 2.45) is 5.92 Å². The van der Waals surface area contributed by atoms with Gasteiger partial charge in [-0.15, -0.1) is 0 Å². The topological polar surface area (TPSA) is 60.1 Å². The minimum absolute atomic E-state index is 0.306. The predicted octanol–water partition coefficient (Wildman–Crippen LogP) is 2.26. The Morgan fingerprint density at radius 2 is 1.96 bits per heavy atom. The SMILES string of the molecule is CC1CCN(CC(O)CN2CCCC2CC(O)c2ccco2)CC1. The molecule has 0 bridgehead atoms. The molecule has 3 rings (SSSR count). The highest BCUT2D eigenvalue weighted by Gasteiger charge is 2.30. The van der Waals surface area contributed by atoms with Crippen LogP contribution in [-0.2, 0) is 0 Å². The number of piperidine rings is 1. The summed E-state index contributed by atoms with van der Waals surface area (Å²) in [5, 5.41) is 20.8. The van der Waals surface area contributed by atoms with Gasteiger partial charge in [0.15, 0.2) is 0 Å². The molecule has 2 aliphatic heterocycles. The van der Waals surface area contributed by atoms with Crippen molar-refractivity contribution in [3.8, 4) is 0 Å². The van der Waals surface area contributed by atoms with Crippen molar-refractivity contribution >= 4 is 0 Å². The van der Waals surface area contributed by atoms with Gasteiger partial charge in [-0.25, -0.2) is 0 Å². The molecule has 0 amide bonds. The third kappa shape index (κ3) is 4.82. The van der Waals surface area contributed by atoms with Crippen molar-refractivity contribution in [2.75, 3.05) is 32.7 Å². The molecule has 2 aliphatic rings. The number of β-amino-alcohol motifs (C(OH)–C–C–N with tert-alkyl or cyclic N) is 1. The lowest BCUT2D eigenvalue weighted by molar-refractivity contribution is 0.0448. The van der Waals surface area contributed by atoms with Gasteiger partial charge in [0.2, 0.25) is 0 Å². The summed E-state index contributed by atoms with van der Waals surface area (Å²) in [5.74, 6) is 1.47. The minimum atomic E-state index is -0.550. The molecule has 3 unspecified atom stereocenters. The highest BCUT2D eigenvalue weighted by Crippen LogP contribution is 2.27. The first-order valence-electron chi connectivity index (χ1n) is 9.47. The average Bonchev–Trinajstić information content (AvgIpc) is 3.22. The fourth-order valence-corrected chi connectivity index (χ4v) is 4.13. The lowest BCUT2D eigenvalue weighted by atomic mass is 9.99. The van der Waals surface area contributed by atoms with Gasteiger partial charge in [0.05, 0.1) is 12.4 Å². The van der Waals surface area contributed by atoms with Crippen LogP contribution in [0.1, 0.15) is 50.9 Å². The molecule has 2 N–H and O–H groups in total. The van der Waals surface area contributed by atoms with E-state index in [1.54, 1.807) is 6.26 Å². The number of aliphatic hydroxyl groups is 2. The zero-order valence-corrected chi connectivity index (χ0v) is 14.8. The maximum atomic E-state index is 10.5. The Labute approximate surface area is 145 Å². The maximum Gasteiger partial charge on any atom is 0.132 e. The first kappa shape index (κ1) is 17.9. The van der Waals surface area contributed by atoms with E-state index in [1.807, 2.05) is 12.1 Å². The van der Waals surface area contributed by atoms with Gasteiger partial charge in [0.1, 0.15) is 11.9 Å². The molecule has 1 aromatic heterocycles. The highest BCUT2D eigenvalue weighted by molar-refractivity contribution is 5.02. The van der Waals surface area contributed by atoms with E-state index >= 15 is 0 Å². The molecule has 136 valence electrons. The van der Waals surface area contributed by atoms with E-state index in [4.69, 9.17) is 4.42 Å². The van der Waals surface area contributed by atoms with Crippen molar-refractivity contribution in [1.29, 1.82) is 0 Å². The van der Waals surface area contributed by atoms with Crippen LogP contribution in [-0.4, -0.2) is 64.9 Å². The van der Waals surface area contributed by atoms with E-state index in [-0.39, 0.29) is 6.10 Å². The van der Waals surface area contributed by atoms with Crippen molar-refractivity contribution in [3.63, 3.8) is 0 Å². The molecule has 0 spiro atoms. The number of nitrogens with zero attached hydrogens (tertiary/aromatic N) is 2. The monoisotopic (exact) mass is 336 g/mol. The number of hydrogen-bond acceptors (Lipinski definition) is 5. The summed E-state index contributed by atoms with van der Waals surface area (Å²) < 4.78 is 5.31. The van der Waals surface area contributed by atoms with Gasteiger partial charge in [0, 0.05) is 19.1 Å². The van der Waals surface area contributed by atoms with E-state index in [1.165, 1.54) is 12.8 Å². The van der Waals surface area contributed by atoms with Gasteiger partial charge < -0.3 is 19.5 Å². The summed E-state index contributed by atoms with van der Waals surface area (Å²) in [4.78, 5) is 4.75. The van der Waals surface area contributed by atoms with Gasteiger partial charge in [-0.05, 0) is 69.8 Å². The summed E-state index contributed by atoms with van der Waals surface area (Å²) in [6.45, 7) is 7.03. The van der Waals surface area contributed by atoms with E-state index in [2.05, 4.69) is 16.7 Å². The largest absolute Gasteiger partial charge is 0.467 e. The lowest BCUT2D eigenvalue weighted by Gasteiger charge is -2.34. The third-order valence-electron chi connectivity index (χ3n) is 5.66. The molecule has 3 atom stereocenters. The second-order valence-corrected chi connectivity index (χ2v) is 7.69. The third-order valence-corrected chi connectivity index (χ3v) is 5.66. The molecular formula is C19H32N2O3. The zero-order chi connectivity index (χ0) is 16.9. The van der Waals surface area contributed by atoms with E-state index in [0.29, 0.717) is 24.8 Å². The fourth-order valence-electron chi connectivity index (χ4n) is 4.13. The molecule has 0 aromatic carbocycles. The highest BCUT2D eigenvalue weighted by atomic mass is 16.4. The van der Waals surface area contributed by atoms with Crippen LogP contribution in [0.25, 0.3) is 0 Å². The van der Waals surface area contributed by atoms with Crippen LogP contribution in [0.5, 0.6) is 0 Å². The molecular weight excluding hydrogens is 304 g/mol. The summed E-state index contributed by atoms with van der Waals surface area (Å²) in [5.41, 5.74) is 0. The summed E-state index contributed by atoms with van der Waals surface area (Å²) in [6, 6.07) is 3.98. The van der Waals surface area contributed by atoms with Crippen LogP contribution in [0.4, 0.5) is 0 Å². The average molecular weight is 336 g/mol. The van der Waals surface area contributed by atoms with Gasteiger partial charge in [-0.1, -0.05) is 6.92 Å². The minimum Gasteiger partial charge on any atom is -0.467 e. The lowest BCUT2D eigenvalue weighted by Crippen LogP contribution is -2.44. The number of rotatable bonds is 7. The molecule has 2 fully saturated rings. The molecule has 0 radical (unpaired) electrons. The van der Waals surface area contributed by atoms with Crippen LogP contribution in [0.3, 0.4) is 0 Å². The van der Waals surface area contributed by atoms with Gasteiger partial charge in [-0.3, -0.25) is 4.90 Å². The van der Waals surface area contributed by atoms with E-state index < -0.39 is 6.10 Å². The fraction of sp³-hybridized carbons (Fsp3) is 0.789. The Kier molecular flexibility index (Phi) is 6.33. The predicted molar refractivity (Wildman–Crippen MR) is 93.7 cm³/mol. The van der Waals surface area contributed by atoms with Crippen molar-refractivity contribution in [2.45, 2.75) is 57.3 Å². The van der Waals surface area contributed by atoms with Gasteiger partial charge in [-0.2, -0.15) is 0 Å². The van der Waals surface area contributed by atoms with Gasteiger partial charge >= 0.3 is 0 Å². The Morgan fingerprint density at radius 3 is 2.67 bits per heavy atom. The van der Waals surface area contributed by atoms with Crippen LogP contribution in [0, 0.1) is 5.92 Å². The summed E-state index contributed by atoms with van der Waals surface area (Å²) >= 11 is 0. The molecule has 5 heteroatoms. The second-order valence-electron chi connectivity index (χ2n) is 7.69. The zero-order valence-electron chi connectivity index (χ0n) is 14.8. The Hall–Kier alpha value is -0.880. The van der Waals surface area contributed by atoms with Crippen molar-refractivity contribution in [1.82, 2.24) is 9.80 Å². The normalized spacial score (nSPS) is 26.7. The van der Waals surface area contributed by atoms with E-state index in [0.717, 1.165) is 44.9 Å². The Balaban J connectivity index is 1.45. The molecule has 5 nitrogen and oxygen atoms in total. The molecule has 0 saturated carbocycles. The van der Waals surface area contributed by atoms with Crippen molar-refractivity contribution in [3.05, 3.63) is 24.2 Å². The van der Waals surface area contributed by atoms with Crippen LogP contribution >= 0.6 is 0 Å². The van der Waals surface area contributed by atoms with Crippen LogP contribution < -0.4 is 0 Å². The van der Waals surface area contributed by atoms with Crippen LogP contribution in [0.15, 0.2) is 22.8 Å². The summed E-state index contributed by atoms with van der Waals surface area (Å²) in [7, 11) is 0.